The minimum absolute atomic E-state index is 0.230. The van der Waals surface area contributed by atoms with Crippen molar-refractivity contribution in [2.75, 3.05) is 26.3 Å². The molecule has 0 fully saturated rings. The molecular weight excluding hydrogens is 441 g/mol. The predicted octanol–water partition coefficient (Wildman–Crippen LogP) is 4.72. The first kappa shape index (κ1) is 27.1. The van der Waals surface area contributed by atoms with Gasteiger partial charge in [-0.25, -0.2) is 14.0 Å². The number of carbonyl (C=O) groups excluding carboxylic acids is 1. The molecule has 0 aliphatic rings. The van der Waals surface area contributed by atoms with Crippen molar-refractivity contribution < 1.29 is 33.3 Å². The van der Waals surface area contributed by atoms with Crippen molar-refractivity contribution in [2.24, 2.45) is 0 Å². The van der Waals surface area contributed by atoms with E-state index in [1.54, 1.807) is 62.1 Å². The second-order valence-electron chi connectivity index (χ2n) is 8.13. The molecule has 1 amide bonds. The van der Waals surface area contributed by atoms with Gasteiger partial charge in [-0.2, -0.15) is 0 Å². The van der Waals surface area contributed by atoms with Crippen LogP contribution in [0, 0.1) is 5.82 Å². The molecule has 0 saturated heterocycles. The zero-order valence-electron chi connectivity index (χ0n) is 20.0. The summed E-state index contributed by atoms with van der Waals surface area (Å²) in [6.45, 7) is 6.80. The first-order valence-corrected chi connectivity index (χ1v) is 11.5. The van der Waals surface area contributed by atoms with Gasteiger partial charge in [0.15, 0.2) is 6.10 Å². The highest BCUT2D eigenvalue weighted by molar-refractivity contribution is 5.72. The molecule has 8 heteroatoms. The average molecular weight is 476 g/mol. The quantitative estimate of drug-likeness (QED) is 0.426. The van der Waals surface area contributed by atoms with Crippen LogP contribution in [0.15, 0.2) is 48.5 Å². The van der Waals surface area contributed by atoms with Gasteiger partial charge in [-0.05, 0) is 69.0 Å². The minimum Gasteiger partial charge on any atom is -0.492 e. The fourth-order valence-electron chi connectivity index (χ4n) is 3.32. The van der Waals surface area contributed by atoms with Gasteiger partial charge in [0.05, 0.1) is 12.6 Å². The van der Waals surface area contributed by atoms with Gasteiger partial charge < -0.3 is 24.2 Å². The molecule has 34 heavy (non-hydrogen) atoms. The van der Waals surface area contributed by atoms with Crippen LogP contribution in [0.2, 0.25) is 0 Å². The molecule has 2 aromatic rings. The van der Waals surface area contributed by atoms with E-state index in [9.17, 15) is 19.1 Å². The van der Waals surface area contributed by atoms with Crippen molar-refractivity contribution in [1.29, 1.82) is 0 Å². The number of carboxylic acids is 1. The number of hydrogen-bond donors (Lipinski definition) is 1. The Morgan fingerprint density at radius 1 is 1.00 bits per heavy atom. The number of aliphatic carboxylic acids is 1. The van der Waals surface area contributed by atoms with E-state index in [4.69, 9.17) is 14.2 Å². The fraction of sp³-hybridized carbons (Fsp3) is 0.462. The third-order valence-electron chi connectivity index (χ3n) is 5.02. The van der Waals surface area contributed by atoms with Gasteiger partial charge in [0.1, 0.15) is 18.2 Å². The summed E-state index contributed by atoms with van der Waals surface area (Å²) >= 11 is 0. The molecule has 0 heterocycles. The minimum atomic E-state index is -0.991. The Balaban J connectivity index is 1.86. The molecule has 2 aromatic carbocycles. The molecule has 1 atom stereocenters. The zero-order valence-corrected chi connectivity index (χ0v) is 20.0. The molecule has 0 aliphatic carbocycles. The number of nitrogens with zero attached hydrogens (tertiary/aromatic N) is 1. The highest BCUT2D eigenvalue weighted by Crippen LogP contribution is 2.15. The maximum Gasteiger partial charge on any atom is 0.410 e. The number of halogens is 1. The van der Waals surface area contributed by atoms with E-state index in [0.29, 0.717) is 38.3 Å². The molecule has 0 spiro atoms. The van der Waals surface area contributed by atoms with Gasteiger partial charge in [-0.1, -0.05) is 24.3 Å². The third kappa shape index (κ3) is 9.79. The van der Waals surface area contributed by atoms with E-state index >= 15 is 0 Å². The van der Waals surface area contributed by atoms with Crippen LogP contribution in [0.1, 0.15) is 38.3 Å². The molecule has 1 unspecified atom stereocenters. The van der Waals surface area contributed by atoms with Gasteiger partial charge in [-0.15, -0.1) is 0 Å². The first-order valence-electron chi connectivity index (χ1n) is 11.5. The molecule has 0 bridgehead atoms. The van der Waals surface area contributed by atoms with Crippen LogP contribution in [0.5, 0.6) is 5.75 Å². The number of benzene rings is 2. The lowest BCUT2D eigenvalue weighted by Crippen LogP contribution is -2.37. The maximum atomic E-state index is 13.1. The smallest absolute Gasteiger partial charge is 0.410 e. The Kier molecular flexibility index (Phi) is 11.3. The number of hydrogen-bond acceptors (Lipinski definition) is 5. The van der Waals surface area contributed by atoms with Gasteiger partial charge in [0.25, 0.3) is 0 Å². The first-order chi connectivity index (χ1) is 16.3. The number of carboxylic acid groups (broad SMARTS) is 1. The Bertz CT molecular complexity index is 885. The molecule has 0 radical (unpaired) electrons. The van der Waals surface area contributed by atoms with E-state index in [2.05, 4.69) is 0 Å². The van der Waals surface area contributed by atoms with E-state index < -0.39 is 18.2 Å². The van der Waals surface area contributed by atoms with Crippen LogP contribution >= 0.6 is 0 Å². The molecule has 2 rings (SSSR count). The van der Waals surface area contributed by atoms with Crippen LogP contribution in [0.25, 0.3) is 0 Å². The van der Waals surface area contributed by atoms with E-state index in [-0.39, 0.29) is 24.9 Å². The maximum absolute atomic E-state index is 13.1. The summed E-state index contributed by atoms with van der Waals surface area (Å²) in [5.74, 6) is -0.641. The lowest BCUT2D eigenvalue weighted by Gasteiger charge is -2.23. The SMILES string of the molecule is CCOC(Cc1ccc(OCCN(CCCc2ccc(F)cc2)C(=O)OC(C)C)cc1)C(=O)O. The molecule has 0 aliphatic heterocycles. The number of rotatable bonds is 14. The Labute approximate surface area is 200 Å². The lowest BCUT2D eigenvalue weighted by molar-refractivity contribution is -0.149. The van der Waals surface area contributed by atoms with Crippen LogP contribution in [-0.2, 0) is 27.1 Å². The fourth-order valence-corrected chi connectivity index (χ4v) is 3.32. The summed E-state index contributed by atoms with van der Waals surface area (Å²) in [6, 6.07) is 13.5. The molecule has 1 N–H and O–H groups in total. The standard InChI is InChI=1S/C26H34FNO6/c1-4-32-24(25(29)30)18-21-9-13-23(14-10-21)33-17-16-28(26(31)34-19(2)3)15-5-6-20-7-11-22(27)12-8-20/h7-14,19,24H,4-6,15-18H2,1-3H3,(H,29,30). The van der Waals surface area contributed by atoms with E-state index in [0.717, 1.165) is 11.1 Å². The molecule has 0 aromatic heterocycles. The number of carbonyl (C=O) groups is 2. The van der Waals surface area contributed by atoms with Crippen molar-refractivity contribution in [2.45, 2.75) is 52.2 Å². The Morgan fingerprint density at radius 3 is 2.24 bits per heavy atom. The van der Waals surface area contributed by atoms with Crippen LogP contribution in [0.3, 0.4) is 0 Å². The normalized spacial score (nSPS) is 11.8. The third-order valence-corrected chi connectivity index (χ3v) is 5.02. The number of amides is 1. The summed E-state index contributed by atoms with van der Waals surface area (Å²) in [5, 5.41) is 9.22. The van der Waals surface area contributed by atoms with Crippen molar-refractivity contribution in [3.8, 4) is 5.75 Å². The van der Waals surface area contributed by atoms with Crippen molar-refractivity contribution in [1.82, 2.24) is 4.90 Å². The summed E-state index contributed by atoms with van der Waals surface area (Å²) in [5.41, 5.74) is 1.83. The van der Waals surface area contributed by atoms with Crippen molar-refractivity contribution in [3.63, 3.8) is 0 Å². The summed E-state index contributed by atoms with van der Waals surface area (Å²) in [7, 11) is 0. The van der Waals surface area contributed by atoms with Gasteiger partial charge >= 0.3 is 12.1 Å². The highest BCUT2D eigenvalue weighted by Gasteiger charge is 2.18. The summed E-state index contributed by atoms with van der Waals surface area (Å²) in [4.78, 5) is 25.3. The summed E-state index contributed by atoms with van der Waals surface area (Å²) in [6.07, 6.45) is 0.181. The lowest BCUT2D eigenvalue weighted by atomic mass is 10.1. The molecular formula is C26H34FNO6. The number of aryl methyl sites for hydroxylation is 1. The van der Waals surface area contributed by atoms with Crippen LogP contribution in [-0.4, -0.2) is 60.6 Å². The second-order valence-corrected chi connectivity index (χ2v) is 8.13. The van der Waals surface area contributed by atoms with E-state index in [1.165, 1.54) is 12.1 Å². The largest absolute Gasteiger partial charge is 0.492 e. The van der Waals surface area contributed by atoms with Gasteiger partial charge in [-0.3, -0.25) is 0 Å². The zero-order chi connectivity index (χ0) is 24.9. The summed E-state index contributed by atoms with van der Waals surface area (Å²) < 4.78 is 29.5. The number of ether oxygens (including phenoxy) is 3. The van der Waals surface area contributed by atoms with Crippen LogP contribution < -0.4 is 4.74 Å². The molecule has 186 valence electrons. The topological polar surface area (TPSA) is 85.3 Å². The van der Waals surface area contributed by atoms with Crippen molar-refractivity contribution >= 4 is 12.1 Å². The van der Waals surface area contributed by atoms with E-state index in [1.807, 2.05) is 0 Å². The van der Waals surface area contributed by atoms with Crippen molar-refractivity contribution in [3.05, 3.63) is 65.5 Å². The predicted molar refractivity (Wildman–Crippen MR) is 127 cm³/mol. The molecule has 0 saturated carbocycles. The van der Waals surface area contributed by atoms with Gasteiger partial charge in [0.2, 0.25) is 0 Å². The average Bonchev–Trinajstić information content (AvgIpc) is 2.79. The Morgan fingerprint density at radius 2 is 1.65 bits per heavy atom. The monoisotopic (exact) mass is 475 g/mol. The Hall–Kier alpha value is -3.13. The van der Waals surface area contributed by atoms with Crippen LogP contribution in [0.4, 0.5) is 9.18 Å². The van der Waals surface area contributed by atoms with Gasteiger partial charge in [0, 0.05) is 19.6 Å². The second kappa shape index (κ2) is 14.2. The molecule has 7 nitrogen and oxygen atoms in total. The highest BCUT2D eigenvalue weighted by atomic mass is 19.1.